The first-order valence-electron chi connectivity index (χ1n) is 8.22. The van der Waals surface area contributed by atoms with Gasteiger partial charge in [0.1, 0.15) is 0 Å². The zero-order valence-electron chi connectivity index (χ0n) is 13.4. The minimum atomic E-state index is -0.0515. The molecule has 0 unspecified atom stereocenters. The monoisotopic (exact) mass is 305 g/mol. The average Bonchev–Trinajstić information content (AvgIpc) is 2.55. The lowest BCUT2D eigenvalue weighted by molar-refractivity contribution is 0.0944. The molecule has 1 aliphatic heterocycles. The topological polar surface area (TPSA) is 67.6 Å². The molecule has 1 aromatic rings. The summed E-state index contributed by atoms with van der Waals surface area (Å²) < 4.78 is 5.28. The number of piperidine rings is 1. The van der Waals surface area contributed by atoms with Gasteiger partial charge in [0.15, 0.2) is 0 Å². The molecular weight excluding hydrogens is 278 g/mol. The first kappa shape index (κ1) is 16.6. The molecule has 0 atom stereocenters. The van der Waals surface area contributed by atoms with Crippen LogP contribution in [0, 0.1) is 0 Å². The first-order chi connectivity index (χ1) is 10.7. The molecule has 1 amide bonds. The fourth-order valence-electron chi connectivity index (χ4n) is 2.76. The summed E-state index contributed by atoms with van der Waals surface area (Å²) in [7, 11) is 0. The lowest BCUT2D eigenvalue weighted by Crippen LogP contribution is -2.33. The number of rotatable bonds is 7. The Morgan fingerprint density at radius 3 is 2.82 bits per heavy atom. The van der Waals surface area contributed by atoms with Gasteiger partial charge < -0.3 is 20.7 Å². The van der Waals surface area contributed by atoms with Crippen molar-refractivity contribution in [3.8, 4) is 0 Å². The normalized spacial score (nSPS) is 14.9. The van der Waals surface area contributed by atoms with Gasteiger partial charge in [-0.15, -0.1) is 0 Å². The van der Waals surface area contributed by atoms with Gasteiger partial charge in [-0.05, 0) is 50.8 Å². The van der Waals surface area contributed by atoms with E-state index in [0.29, 0.717) is 31.0 Å². The molecule has 1 saturated heterocycles. The predicted molar refractivity (Wildman–Crippen MR) is 90.4 cm³/mol. The Morgan fingerprint density at radius 1 is 1.32 bits per heavy atom. The highest BCUT2D eigenvalue weighted by Crippen LogP contribution is 2.26. The zero-order chi connectivity index (χ0) is 15.8. The van der Waals surface area contributed by atoms with Crippen LogP contribution in [-0.2, 0) is 4.74 Å². The van der Waals surface area contributed by atoms with Gasteiger partial charge in [0.05, 0.1) is 5.56 Å². The summed E-state index contributed by atoms with van der Waals surface area (Å²) in [5, 5.41) is 2.96. The van der Waals surface area contributed by atoms with Crippen molar-refractivity contribution in [3.63, 3.8) is 0 Å². The van der Waals surface area contributed by atoms with Crippen LogP contribution in [0.1, 0.15) is 43.0 Å². The van der Waals surface area contributed by atoms with E-state index in [1.54, 1.807) is 6.07 Å². The lowest BCUT2D eigenvalue weighted by Gasteiger charge is -2.30. The number of nitrogens with one attached hydrogen (secondary N) is 1. The van der Waals surface area contributed by atoms with Gasteiger partial charge in [0, 0.05) is 44.2 Å². The second-order valence-corrected chi connectivity index (χ2v) is 5.63. The summed E-state index contributed by atoms with van der Waals surface area (Å²) in [6.07, 6.45) is 4.45. The van der Waals surface area contributed by atoms with Crippen molar-refractivity contribution in [1.82, 2.24) is 5.32 Å². The number of carbonyl (C=O) groups is 1. The van der Waals surface area contributed by atoms with E-state index in [0.717, 1.165) is 25.2 Å². The van der Waals surface area contributed by atoms with Gasteiger partial charge in [0.2, 0.25) is 0 Å². The molecule has 2 rings (SSSR count). The molecule has 0 aliphatic carbocycles. The molecule has 122 valence electrons. The van der Waals surface area contributed by atoms with E-state index in [-0.39, 0.29) is 5.91 Å². The van der Waals surface area contributed by atoms with Crippen molar-refractivity contribution in [2.75, 3.05) is 43.5 Å². The molecule has 1 fully saturated rings. The number of nitrogens with two attached hydrogens (primary N) is 1. The van der Waals surface area contributed by atoms with E-state index < -0.39 is 0 Å². The summed E-state index contributed by atoms with van der Waals surface area (Å²) in [4.78, 5) is 14.7. The number of hydrogen-bond acceptors (Lipinski definition) is 4. The highest BCUT2D eigenvalue weighted by Gasteiger charge is 2.18. The Kier molecular flexibility index (Phi) is 6.52. The summed E-state index contributed by atoms with van der Waals surface area (Å²) >= 11 is 0. The Balaban J connectivity index is 2.01. The molecule has 1 heterocycles. The van der Waals surface area contributed by atoms with E-state index in [2.05, 4.69) is 10.2 Å². The maximum atomic E-state index is 12.5. The van der Waals surface area contributed by atoms with Crippen molar-refractivity contribution in [2.24, 2.45) is 0 Å². The number of anilines is 2. The second-order valence-electron chi connectivity index (χ2n) is 5.63. The summed E-state index contributed by atoms with van der Waals surface area (Å²) in [6.45, 7) is 5.99. The first-order valence-corrected chi connectivity index (χ1v) is 8.22. The van der Waals surface area contributed by atoms with Gasteiger partial charge in [-0.3, -0.25) is 4.79 Å². The smallest absolute Gasteiger partial charge is 0.253 e. The highest BCUT2D eigenvalue weighted by atomic mass is 16.5. The summed E-state index contributed by atoms with van der Waals surface area (Å²) in [5.74, 6) is -0.0515. The quantitative estimate of drug-likeness (QED) is 0.599. The summed E-state index contributed by atoms with van der Waals surface area (Å²) in [5.41, 5.74) is 8.17. The number of hydrogen-bond donors (Lipinski definition) is 2. The average molecular weight is 305 g/mol. The van der Waals surface area contributed by atoms with Crippen LogP contribution in [0.15, 0.2) is 18.2 Å². The number of carbonyl (C=O) groups excluding carboxylic acids is 1. The maximum Gasteiger partial charge on any atom is 0.253 e. The third-order valence-electron chi connectivity index (χ3n) is 3.92. The van der Waals surface area contributed by atoms with Crippen molar-refractivity contribution in [1.29, 1.82) is 0 Å². The molecule has 0 saturated carbocycles. The Bertz CT molecular complexity index is 485. The third kappa shape index (κ3) is 4.63. The standard InChI is InChI=1S/C17H27N3O2/c1-2-22-12-6-9-19-17(21)15-13-14(18)7-8-16(15)20-10-4-3-5-11-20/h7-8,13H,2-6,9-12,18H2,1H3,(H,19,21). The molecular formula is C17H27N3O2. The van der Waals surface area contributed by atoms with Crippen molar-refractivity contribution < 1.29 is 9.53 Å². The zero-order valence-corrected chi connectivity index (χ0v) is 13.4. The number of amides is 1. The van der Waals surface area contributed by atoms with Crippen LogP contribution >= 0.6 is 0 Å². The Morgan fingerprint density at radius 2 is 2.09 bits per heavy atom. The van der Waals surface area contributed by atoms with Crippen LogP contribution in [0.3, 0.4) is 0 Å². The van der Waals surface area contributed by atoms with Gasteiger partial charge >= 0.3 is 0 Å². The highest BCUT2D eigenvalue weighted by molar-refractivity contribution is 6.00. The second kappa shape index (κ2) is 8.63. The number of nitrogens with zero attached hydrogens (tertiary/aromatic N) is 1. The van der Waals surface area contributed by atoms with Gasteiger partial charge in [-0.25, -0.2) is 0 Å². The fourth-order valence-corrected chi connectivity index (χ4v) is 2.76. The van der Waals surface area contributed by atoms with E-state index in [4.69, 9.17) is 10.5 Å². The fraction of sp³-hybridized carbons (Fsp3) is 0.588. The van der Waals surface area contributed by atoms with Crippen LogP contribution in [0.4, 0.5) is 11.4 Å². The Labute approximate surface area is 132 Å². The molecule has 0 aromatic heterocycles. The van der Waals surface area contributed by atoms with E-state index in [1.807, 2.05) is 19.1 Å². The van der Waals surface area contributed by atoms with Crippen molar-refractivity contribution in [3.05, 3.63) is 23.8 Å². The SMILES string of the molecule is CCOCCCNC(=O)c1cc(N)ccc1N1CCCCC1. The van der Waals surface area contributed by atoms with E-state index in [9.17, 15) is 4.79 Å². The van der Waals surface area contributed by atoms with Crippen molar-refractivity contribution in [2.45, 2.75) is 32.6 Å². The molecule has 1 aromatic carbocycles. The number of ether oxygens (including phenoxy) is 1. The van der Waals surface area contributed by atoms with Crippen LogP contribution in [-0.4, -0.2) is 38.8 Å². The molecule has 0 spiro atoms. The molecule has 1 aliphatic rings. The molecule has 0 radical (unpaired) electrons. The lowest BCUT2D eigenvalue weighted by atomic mass is 10.1. The van der Waals surface area contributed by atoms with Crippen LogP contribution in [0.25, 0.3) is 0 Å². The largest absolute Gasteiger partial charge is 0.399 e. The van der Waals surface area contributed by atoms with Crippen LogP contribution in [0.5, 0.6) is 0 Å². The van der Waals surface area contributed by atoms with Gasteiger partial charge in [-0.2, -0.15) is 0 Å². The molecule has 0 bridgehead atoms. The molecule has 5 heteroatoms. The number of nitrogen functional groups attached to an aromatic ring is 1. The van der Waals surface area contributed by atoms with E-state index in [1.165, 1.54) is 19.3 Å². The van der Waals surface area contributed by atoms with Crippen LogP contribution < -0.4 is 16.0 Å². The number of benzene rings is 1. The summed E-state index contributed by atoms with van der Waals surface area (Å²) in [6, 6.07) is 5.62. The predicted octanol–water partition coefficient (Wildman–Crippen LogP) is 2.42. The molecule has 3 N–H and O–H groups in total. The Hall–Kier alpha value is -1.75. The van der Waals surface area contributed by atoms with Crippen LogP contribution in [0.2, 0.25) is 0 Å². The minimum Gasteiger partial charge on any atom is -0.399 e. The van der Waals surface area contributed by atoms with Gasteiger partial charge in [-0.1, -0.05) is 0 Å². The molecule has 22 heavy (non-hydrogen) atoms. The third-order valence-corrected chi connectivity index (χ3v) is 3.92. The van der Waals surface area contributed by atoms with Crippen molar-refractivity contribution >= 4 is 17.3 Å². The van der Waals surface area contributed by atoms with Gasteiger partial charge in [0.25, 0.3) is 5.91 Å². The molecule has 5 nitrogen and oxygen atoms in total. The minimum absolute atomic E-state index is 0.0515. The van der Waals surface area contributed by atoms with E-state index >= 15 is 0 Å². The maximum absolute atomic E-state index is 12.5.